The number of hydrogen-bond acceptors (Lipinski definition) is 1. The summed E-state index contributed by atoms with van der Waals surface area (Å²) in [6, 6.07) is 28.0. The minimum atomic E-state index is -0.0204. The van der Waals surface area contributed by atoms with Gasteiger partial charge in [-0.15, -0.1) is 0 Å². The molecular formula is C18H14NS+. The quantitative estimate of drug-likeness (QED) is 0.491. The summed E-state index contributed by atoms with van der Waals surface area (Å²) in [6.07, 6.45) is 0. The second-order valence-electron chi connectivity index (χ2n) is 4.74. The highest BCUT2D eigenvalue weighted by molar-refractivity contribution is 7.97. The van der Waals surface area contributed by atoms with Gasteiger partial charge in [-0.1, -0.05) is 42.5 Å². The molecule has 0 unspecified atom stereocenters. The first-order chi connectivity index (χ1) is 9.93. The van der Waals surface area contributed by atoms with E-state index in [2.05, 4.69) is 84.2 Å². The van der Waals surface area contributed by atoms with Gasteiger partial charge >= 0.3 is 0 Å². The number of anilines is 2. The Labute approximate surface area is 121 Å². The van der Waals surface area contributed by atoms with Crippen LogP contribution in [0.4, 0.5) is 11.4 Å². The molecule has 0 saturated heterocycles. The van der Waals surface area contributed by atoms with Gasteiger partial charge < -0.3 is 5.32 Å². The van der Waals surface area contributed by atoms with E-state index in [9.17, 15) is 0 Å². The van der Waals surface area contributed by atoms with E-state index in [1.165, 1.54) is 26.1 Å². The average molecular weight is 276 g/mol. The lowest BCUT2D eigenvalue weighted by Crippen LogP contribution is -2.14. The molecule has 0 spiro atoms. The largest absolute Gasteiger partial charge is 0.347 e. The van der Waals surface area contributed by atoms with Crippen molar-refractivity contribution in [2.75, 3.05) is 5.32 Å². The molecule has 3 aromatic rings. The van der Waals surface area contributed by atoms with Crippen LogP contribution in [0.5, 0.6) is 0 Å². The Kier molecular flexibility index (Phi) is 2.75. The van der Waals surface area contributed by atoms with Crippen LogP contribution < -0.4 is 5.32 Å². The van der Waals surface area contributed by atoms with Crippen LogP contribution >= 0.6 is 0 Å². The van der Waals surface area contributed by atoms with Crippen molar-refractivity contribution in [1.29, 1.82) is 0 Å². The van der Waals surface area contributed by atoms with Gasteiger partial charge in [-0.2, -0.15) is 0 Å². The van der Waals surface area contributed by atoms with Gasteiger partial charge in [0.25, 0.3) is 0 Å². The van der Waals surface area contributed by atoms with E-state index in [4.69, 9.17) is 0 Å². The van der Waals surface area contributed by atoms with Gasteiger partial charge in [0, 0.05) is 0 Å². The molecule has 1 N–H and O–H groups in total. The van der Waals surface area contributed by atoms with Crippen molar-refractivity contribution < 1.29 is 0 Å². The maximum Gasteiger partial charge on any atom is 0.190 e. The number of benzene rings is 3. The highest BCUT2D eigenvalue weighted by atomic mass is 32.2. The monoisotopic (exact) mass is 276 g/mol. The van der Waals surface area contributed by atoms with Crippen molar-refractivity contribution >= 4 is 22.3 Å². The third-order valence-electron chi connectivity index (χ3n) is 3.46. The van der Waals surface area contributed by atoms with Gasteiger partial charge in [0.1, 0.15) is 10.9 Å². The molecule has 1 aliphatic heterocycles. The summed E-state index contributed by atoms with van der Waals surface area (Å²) >= 11 is 0. The molecule has 20 heavy (non-hydrogen) atoms. The Bertz CT molecular complexity index is 707. The summed E-state index contributed by atoms with van der Waals surface area (Å²) in [5.41, 5.74) is 2.44. The van der Waals surface area contributed by atoms with E-state index in [0.717, 1.165) is 0 Å². The second-order valence-corrected chi connectivity index (χ2v) is 6.70. The first kappa shape index (κ1) is 11.6. The van der Waals surface area contributed by atoms with Crippen LogP contribution in [0.1, 0.15) is 0 Å². The maximum absolute atomic E-state index is 3.55. The normalized spacial score (nSPS) is 13.2. The highest BCUT2D eigenvalue weighted by Gasteiger charge is 2.36. The fraction of sp³-hybridized carbons (Fsp3) is 0. The highest BCUT2D eigenvalue weighted by Crippen LogP contribution is 2.43. The predicted molar refractivity (Wildman–Crippen MR) is 84.8 cm³/mol. The summed E-state index contributed by atoms with van der Waals surface area (Å²) < 4.78 is 0. The summed E-state index contributed by atoms with van der Waals surface area (Å²) in [6.45, 7) is 0. The van der Waals surface area contributed by atoms with E-state index in [0.29, 0.717) is 0 Å². The number of hydrogen-bond donors (Lipinski definition) is 1. The Hall–Kier alpha value is -2.19. The van der Waals surface area contributed by atoms with Crippen LogP contribution in [0.25, 0.3) is 0 Å². The third kappa shape index (κ3) is 1.81. The van der Waals surface area contributed by atoms with Gasteiger partial charge in [0.2, 0.25) is 0 Å². The predicted octanol–water partition coefficient (Wildman–Crippen LogP) is 4.84. The third-order valence-corrected chi connectivity index (χ3v) is 5.80. The van der Waals surface area contributed by atoms with E-state index >= 15 is 0 Å². The molecule has 0 radical (unpaired) electrons. The standard InChI is InChI=1S/C18H14NS/c1-2-8-14(9-3-1)20-17-12-6-4-10-15(17)19-16-11-5-7-13-18(16)20/h1-13,19H/q+1. The maximum atomic E-state index is 3.55. The molecule has 1 nitrogen and oxygen atoms in total. The fourth-order valence-electron chi connectivity index (χ4n) is 2.57. The van der Waals surface area contributed by atoms with Crippen molar-refractivity contribution in [2.24, 2.45) is 0 Å². The summed E-state index contributed by atoms with van der Waals surface area (Å²) in [7, 11) is -0.0204. The minimum absolute atomic E-state index is 0.0204. The molecular weight excluding hydrogens is 262 g/mol. The zero-order valence-electron chi connectivity index (χ0n) is 10.9. The minimum Gasteiger partial charge on any atom is -0.347 e. The average Bonchev–Trinajstić information content (AvgIpc) is 2.53. The van der Waals surface area contributed by atoms with Gasteiger partial charge in [0.15, 0.2) is 14.7 Å². The van der Waals surface area contributed by atoms with Crippen LogP contribution in [0.3, 0.4) is 0 Å². The molecule has 0 amide bonds. The molecule has 0 saturated carbocycles. The molecule has 3 aromatic carbocycles. The topological polar surface area (TPSA) is 12.0 Å². The van der Waals surface area contributed by atoms with Crippen LogP contribution in [-0.2, 0) is 10.9 Å². The zero-order valence-corrected chi connectivity index (χ0v) is 11.7. The molecule has 0 bridgehead atoms. The number of fused-ring (bicyclic) bond motifs is 2. The Balaban J connectivity index is 1.98. The Morgan fingerprint density at radius 1 is 0.550 bits per heavy atom. The molecule has 2 heteroatoms. The molecule has 4 rings (SSSR count). The number of para-hydroxylation sites is 2. The van der Waals surface area contributed by atoms with Gasteiger partial charge in [-0.25, -0.2) is 0 Å². The lowest BCUT2D eigenvalue weighted by Gasteiger charge is -2.20. The van der Waals surface area contributed by atoms with E-state index < -0.39 is 0 Å². The van der Waals surface area contributed by atoms with Crippen LogP contribution in [0.2, 0.25) is 0 Å². The van der Waals surface area contributed by atoms with E-state index in [-0.39, 0.29) is 10.9 Å². The van der Waals surface area contributed by atoms with Gasteiger partial charge in [-0.05, 0) is 36.4 Å². The van der Waals surface area contributed by atoms with Crippen molar-refractivity contribution in [2.45, 2.75) is 14.7 Å². The molecule has 96 valence electrons. The van der Waals surface area contributed by atoms with Crippen LogP contribution in [0, 0.1) is 0 Å². The molecule has 0 atom stereocenters. The van der Waals surface area contributed by atoms with Crippen molar-refractivity contribution in [1.82, 2.24) is 0 Å². The van der Waals surface area contributed by atoms with E-state index in [1.54, 1.807) is 0 Å². The fourth-order valence-corrected chi connectivity index (χ4v) is 4.85. The first-order valence-electron chi connectivity index (χ1n) is 6.68. The van der Waals surface area contributed by atoms with E-state index in [1.807, 2.05) is 0 Å². The molecule has 1 aliphatic rings. The summed E-state index contributed by atoms with van der Waals surface area (Å²) in [5, 5.41) is 3.55. The number of rotatable bonds is 1. The smallest absolute Gasteiger partial charge is 0.190 e. The summed E-state index contributed by atoms with van der Waals surface area (Å²) in [5.74, 6) is 0. The molecule has 0 aromatic heterocycles. The van der Waals surface area contributed by atoms with Crippen LogP contribution in [0.15, 0.2) is 93.5 Å². The van der Waals surface area contributed by atoms with Crippen molar-refractivity contribution in [3.05, 3.63) is 78.9 Å². The van der Waals surface area contributed by atoms with Gasteiger partial charge in [0.05, 0.1) is 11.4 Å². The second kappa shape index (κ2) is 4.73. The Morgan fingerprint density at radius 3 is 1.65 bits per heavy atom. The SMILES string of the molecule is c1ccc([S+]2c3ccccc3Nc3ccccc32)cc1. The van der Waals surface area contributed by atoms with Gasteiger partial charge in [-0.3, -0.25) is 0 Å². The first-order valence-corrected chi connectivity index (χ1v) is 7.90. The lowest BCUT2D eigenvalue weighted by molar-refractivity contribution is 1.26. The van der Waals surface area contributed by atoms with Crippen LogP contribution in [-0.4, -0.2) is 0 Å². The van der Waals surface area contributed by atoms with Crippen molar-refractivity contribution in [3.8, 4) is 0 Å². The molecule has 0 fully saturated rings. The zero-order chi connectivity index (χ0) is 13.4. The lowest BCUT2D eigenvalue weighted by atomic mass is 10.2. The van der Waals surface area contributed by atoms with Crippen molar-refractivity contribution in [3.63, 3.8) is 0 Å². The summed E-state index contributed by atoms with van der Waals surface area (Å²) in [4.78, 5) is 4.11. The number of nitrogens with one attached hydrogen (secondary N) is 1. The Morgan fingerprint density at radius 2 is 1.05 bits per heavy atom. The molecule has 1 heterocycles. The molecule has 0 aliphatic carbocycles.